The van der Waals surface area contributed by atoms with Crippen LogP contribution in [-0.2, 0) is 20.1 Å². The number of imidazole rings is 1. The molecular formula is C58H39IrN3OS-2. The number of nitrogens with zero attached hydrogens (tertiary/aromatic N) is 3. The summed E-state index contributed by atoms with van der Waals surface area (Å²) in [4.78, 5) is 9.44. The van der Waals surface area contributed by atoms with E-state index in [1.807, 2.05) is 35.6 Å². The molecule has 0 aliphatic rings. The van der Waals surface area contributed by atoms with Gasteiger partial charge >= 0.3 is 0 Å². The Bertz CT molecular complexity index is 3630. The topological polar surface area (TPSA) is 43.9 Å². The van der Waals surface area contributed by atoms with E-state index in [2.05, 4.69) is 180 Å². The van der Waals surface area contributed by atoms with E-state index in [0.717, 1.165) is 78.2 Å². The molecule has 0 amide bonds. The number of fused-ring (bicyclic) bond motifs is 5. The molecule has 0 N–H and O–H groups in total. The average molecular weight is 1020 g/mol. The van der Waals surface area contributed by atoms with Gasteiger partial charge in [0.2, 0.25) is 0 Å². The van der Waals surface area contributed by atoms with Gasteiger partial charge in [-0.1, -0.05) is 138 Å². The van der Waals surface area contributed by atoms with Crippen molar-refractivity contribution in [3.05, 3.63) is 224 Å². The molecule has 0 saturated carbocycles. The van der Waals surface area contributed by atoms with Gasteiger partial charge in [0.15, 0.2) is 0 Å². The number of hydrogen-bond donors (Lipinski definition) is 0. The Balaban J connectivity index is 0.000000263. The first-order chi connectivity index (χ1) is 32.3. The van der Waals surface area contributed by atoms with Crippen molar-refractivity contribution in [2.45, 2.75) is 13.8 Å². The standard InChI is InChI=1S/C46H29N2OS.C12H10N.Ir/c1-29-24-35(30-12-4-2-5-13-30)45(36(25-29)31-14-6-3-7-15-31)48-41-18-10-9-17-40(41)47-46(48)39-28-49-42-22-20-32(26-37(39)42)33-21-23-44-38(27-33)34-16-8-11-19-43(34)50-44;1-10-7-8-12(13-9-10)11-5-3-2-4-6-11;/h2-27H,1H3;2-5,7-9H,1H3;/q2*-1;/i;1D3;. The molecule has 0 unspecified atom stereocenters. The summed E-state index contributed by atoms with van der Waals surface area (Å²) in [5, 5.41) is 3.55. The molecule has 64 heavy (non-hydrogen) atoms. The summed E-state index contributed by atoms with van der Waals surface area (Å²) >= 11 is 1.84. The summed E-state index contributed by atoms with van der Waals surface area (Å²) in [5.74, 6) is 0.791. The number of hydrogen-bond acceptors (Lipinski definition) is 4. The number of para-hydroxylation sites is 2. The van der Waals surface area contributed by atoms with E-state index >= 15 is 0 Å². The molecule has 0 spiro atoms. The van der Waals surface area contributed by atoms with Gasteiger partial charge in [-0.3, -0.25) is 4.98 Å². The molecule has 12 rings (SSSR count). The Morgan fingerprint density at radius 1 is 0.594 bits per heavy atom. The van der Waals surface area contributed by atoms with Crippen LogP contribution >= 0.6 is 11.3 Å². The van der Waals surface area contributed by atoms with Gasteiger partial charge in [0, 0.05) is 73.6 Å². The van der Waals surface area contributed by atoms with Crippen molar-refractivity contribution in [2.75, 3.05) is 0 Å². The second kappa shape index (κ2) is 17.5. The van der Waals surface area contributed by atoms with Gasteiger partial charge in [-0.2, -0.15) is 0 Å². The molecule has 4 nitrogen and oxygen atoms in total. The third kappa shape index (κ3) is 7.67. The van der Waals surface area contributed by atoms with E-state index in [0.29, 0.717) is 0 Å². The number of furan rings is 1. The van der Waals surface area contributed by atoms with Gasteiger partial charge in [0.1, 0.15) is 0 Å². The van der Waals surface area contributed by atoms with E-state index in [4.69, 9.17) is 13.5 Å². The van der Waals surface area contributed by atoms with E-state index in [1.54, 1.807) is 18.2 Å². The molecule has 0 saturated heterocycles. The minimum Gasteiger partial charge on any atom is -0.557 e. The Kier molecular flexibility index (Phi) is 10.2. The molecule has 4 heterocycles. The summed E-state index contributed by atoms with van der Waals surface area (Å²) < 4.78 is 32.8. The fraction of sp³-hybridized carbons (Fsp3) is 0.0345. The molecule has 0 aliphatic heterocycles. The summed E-state index contributed by atoms with van der Waals surface area (Å²) in [6, 6.07) is 69.9. The van der Waals surface area contributed by atoms with E-state index in [9.17, 15) is 0 Å². The molecule has 12 aromatic rings. The van der Waals surface area contributed by atoms with Crippen LogP contribution in [0.4, 0.5) is 0 Å². The van der Waals surface area contributed by atoms with Crippen LogP contribution in [0.5, 0.6) is 0 Å². The normalized spacial score (nSPS) is 12.0. The molecular weight excluding hydrogens is 979 g/mol. The maximum atomic E-state index is 7.23. The van der Waals surface area contributed by atoms with Gasteiger partial charge < -0.3 is 14.0 Å². The van der Waals surface area contributed by atoms with Crippen molar-refractivity contribution in [2.24, 2.45) is 0 Å². The molecule has 0 fully saturated rings. The number of rotatable bonds is 6. The zero-order valence-electron chi connectivity index (χ0n) is 37.5. The number of pyridine rings is 1. The fourth-order valence-corrected chi connectivity index (χ4v) is 9.53. The van der Waals surface area contributed by atoms with Crippen molar-refractivity contribution in [3.8, 4) is 61.7 Å². The quantitative estimate of drug-likeness (QED) is 0.156. The van der Waals surface area contributed by atoms with E-state index in [-0.39, 0.29) is 25.7 Å². The van der Waals surface area contributed by atoms with Crippen LogP contribution in [0.2, 0.25) is 0 Å². The molecule has 4 aromatic heterocycles. The minimum absolute atomic E-state index is 0. The first kappa shape index (κ1) is 37.4. The largest absolute Gasteiger partial charge is 0.557 e. The van der Waals surface area contributed by atoms with Crippen molar-refractivity contribution in [3.63, 3.8) is 0 Å². The Morgan fingerprint density at radius 2 is 1.27 bits per heavy atom. The summed E-state index contributed by atoms with van der Waals surface area (Å²) in [6.45, 7) is 0.0800. The van der Waals surface area contributed by atoms with Gasteiger partial charge in [-0.05, 0) is 95.3 Å². The third-order valence-electron chi connectivity index (χ3n) is 11.4. The van der Waals surface area contributed by atoms with Crippen LogP contribution in [0.25, 0.3) is 104 Å². The maximum Gasteiger partial charge on any atom is 0.0774 e. The van der Waals surface area contributed by atoms with Crippen LogP contribution in [0.15, 0.2) is 205 Å². The van der Waals surface area contributed by atoms with Gasteiger partial charge in [-0.25, -0.2) is 0 Å². The van der Waals surface area contributed by atoms with Crippen molar-refractivity contribution < 1.29 is 28.6 Å². The van der Waals surface area contributed by atoms with E-state index < -0.39 is 6.85 Å². The first-order valence-electron chi connectivity index (χ1n) is 22.3. The Hall–Kier alpha value is -7.21. The average Bonchev–Trinajstić information content (AvgIpc) is 4.07. The van der Waals surface area contributed by atoms with Gasteiger partial charge in [0.05, 0.1) is 22.5 Å². The summed E-state index contributed by atoms with van der Waals surface area (Å²) in [5.41, 5.74) is 14.5. The molecule has 6 heteroatoms. The fourth-order valence-electron chi connectivity index (χ4n) is 8.45. The van der Waals surface area contributed by atoms with Crippen LogP contribution < -0.4 is 0 Å². The maximum absolute atomic E-state index is 7.23. The second-order valence-electron chi connectivity index (χ2n) is 15.5. The van der Waals surface area contributed by atoms with Crippen LogP contribution in [0.1, 0.15) is 15.2 Å². The molecule has 309 valence electrons. The molecule has 0 aliphatic carbocycles. The molecule has 8 aromatic carbocycles. The van der Waals surface area contributed by atoms with Crippen LogP contribution in [0, 0.1) is 26.1 Å². The smallest absolute Gasteiger partial charge is 0.0774 e. The molecule has 0 bridgehead atoms. The predicted octanol–water partition coefficient (Wildman–Crippen LogP) is 15.8. The van der Waals surface area contributed by atoms with Crippen LogP contribution in [-0.4, -0.2) is 14.5 Å². The number of thiophene rings is 1. The number of aromatic nitrogens is 3. The Morgan fingerprint density at radius 3 is 1.98 bits per heavy atom. The van der Waals surface area contributed by atoms with Crippen molar-refractivity contribution in [1.29, 1.82) is 0 Å². The number of benzene rings is 8. The van der Waals surface area contributed by atoms with Gasteiger partial charge in [0.25, 0.3) is 0 Å². The van der Waals surface area contributed by atoms with Crippen molar-refractivity contribution >= 4 is 53.5 Å². The van der Waals surface area contributed by atoms with Gasteiger partial charge in [-0.15, -0.1) is 47.2 Å². The van der Waals surface area contributed by atoms with Crippen molar-refractivity contribution in [1.82, 2.24) is 14.5 Å². The zero-order chi connectivity index (χ0) is 44.8. The molecule has 0 atom stereocenters. The zero-order valence-corrected chi connectivity index (χ0v) is 37.8. The monoisotopic (exact) mass is 1020 g/mol. The second-order valence-corrected chi connectivity index (χ2v) is 16.6. The Labute approximate surface area is 393 Å². The van der Waals surface area contributed by atoms with Crippen LogP contribution in [0.3, 0.4) is 0 Å². The first-order valence-corrected chi connectivity index (χ1v) is 21.6. The SMILES string of the molecule is Cc1cc(-c2ccccc2)c(-n2c(-c3[c-]oc4ccc(-c5ccc6sc7ccccc7c6c5)cc34)nc3ccccc32)c(-c2ccccc2)c1.[2H]C([2H])([2H])c1ccc(-c2[c-]cccc2)nc1.[Ir]. The minimum atomic E-state index is -2.09. The van der Waals surface area contributed by atoms with E-state index in [1.165, 1.54) is 37.5 Å². The summed E-state index contributed by atoms with van der Waals surface area (Å²) in [7, 11) is 0. The summed E-state index contributed by atoms with van der Waals surface area (Å²) in [6.07, 6.45) is 4.69. The predicted molar refractivity (Wildman–Crippen MR) is 262 cm³/mol. The molecule has 1 radical (unpaired) electrons. The third-order valence-corrected chi connectivity index (χ3v) is 12.6. The number of aryl methyl sites for hydroxylation is 2.